The van der Waals surface area contributed by atoms with Gasteiger partial charge in [0, 0.05) is 39.9 Å². The normalized spacial score (nSPS) is 18.7. The molecule has 1 aliphatic rings. The fourth-order valence-electron chi connectivity index (χ4n) is 1.62. The van der Waals surface area contributed by atoms with Gasteiger partial charge in [0.15, 0.2) is 0 Å². The third-order valence-electron chi connectivity index (χ3n) is 2.28. The number of aliphatic hydroxyl groups is 1. The Hall–Kier alpha value is -1.71. The van der Waals surface area contributed by atoms with Gasteiger partial charge in [0.1, 0.15) is 0 Å². The number of hydrogen-bond acceptors (Lipinski definition) is 6. The summed E-state index contributed by atoms with van der Waals surface area (Å²) in [6, 6.07) is 0.298. The number of hydrogen-bond donors (Lipinski definition) is 6. The molecule has 2 unspecified atom stereocenters. The van der Waals surface area contributed by atoms with Crippen molar-refractivity contribution in [1.29, 1.82) is 0 Å². The lowest BCUT2D eigenvalue weighted by Gasteiger charge is -2.28. The van der Waals surface area contributed by atoms with Gasteiger partial charge in [-0.2, -0.15) is 0 Å². The van der Waals surface area contributed by atoms with E-state index in [1.54, 1.807) is 0 Å². The van der Waals surface area contributed by atoms with Crippen LogP contribution in [0.15, 0.2) is 0 Å². The summed E-state index contributed by atoms with van der Waals surface area (Å²) in [6.07, 6.45) is 4.31. The standard InChI is InChI=1S/C8H18N2O.3C2H4O2/c9-5-6-10-7-3-1-2-4-8(7)11;3*1-2(3)4/h7-8,10-11H,1-6,9H2;3*1H3,(H,3,4). The molecule has 9 heteroatoms. The predicted octanol–water partition coefficient (Wildman–Crippen LogP) is 0.111. The van der Waals surface area contributed by atoms with Gasteiger partial charge in [-0.25, -0.2) is 0 Å². The Balaban J connectivity index is -0.000000278. The molecule has 0 amide bonds. The lowest BCUT2D eigenvalue weighted by molar-refractivity contribution is -0.135. The predicted molar refractivity (Wildman–Crippen MR) is 85.2 cm³/mol. The molecule has 0 aromatic heterocycles. The summed E-state index contributed by atoms with van der Waals surface area (Å²) in [5, 5.41) is 35.0. The monoisotopic (exact) mass is 338 g/mol. The zero-order valence-corrected chi connectivity index (χ0v) is 14.0. The van der Waals surface area contributed by atoms with Crippen LogP contribution in [-0.4, -0.2) is 63.6 Å². The molecular weight excluding hydrogens is 308 g/mol. The molecule has 1 aliphatic carbocycles. The highest BCUT2D eigenvalue weighted by Gasteiger charge is 2.21. The van der Waals surface area contributed by atoms with E-state index in [0.29, 0.717) is 12.6 Å². The molecule has 138 valence electrons. The Labute approximate surface area is 136 Å². The molecular formula is C14H30N2O7. The van der Waals surface area contributed by atoms with E-state index < -0.39 is 17.9 Å². The molecule has 1 saturated carbocycles. The van der Waals surface area contributed by atoms with E-state index >= 15 is 0 Å². The second-order valence-corrected chi connectivity index (χ2v) is 4.76. The van der Waals surface area contributed by atoms with E-state index in [-0.39, 0.29) is 6.10 Å². The van der Waals surface area contributed by atoms with E-state index in [2.05, 4.69) is 5.32 Å². The second kappa shape index (κ2) is 18.3. The number of carboxylic acid groups (broad SMARTS) is 3. The number of nitrogens with one attached hydrogen (secondary N) is 1. The van der Waals surface area contributed by atoms with Crippen molar-refractivity contribution < 1.29 is 34.8 Å². The SMILES string of the molecule is CC(=O)O.CC(=O)O.CC(=O)O.NCCNC1CCCCC1O. The lowest BCUT2D eigenvalue weighted by atomic mass is 9.93. The van der Waals surface area contributed by atoms with Crippen molar-refractivity contribution in [3.63, 3.8) is 0 Å². The fraction of sp³-hybridized carbons (Fsp3) is 0.786. The van der Waals surface area contributed by atoms with Crippen molar-refractivity contribution in [3.05, 3.63) is 0 Å². The summed E-state index contributed by atoms with van der Waals surface area (Å²) in [4.78, 5) is 27.0. The largest absolute Gasteiger partial charge is 0.481 e. The van der Waals surface area contributed by atoms with Gasteiger partial charge in [-0.3, -0.25) is 14.4 Å². The molecule has 0 radical (unpaired) electrons. The van der Waals surface area contributed by atoms with Crippen LogP contribution in [0.5, 0.6) is 0 Å². The lowest BCUT2D eigenvalue weighted by Crippen LogP contribution is -2.43. The van der Waals surface area contributed by atoms with Gasteiger partial charge >= 0.3 is 0 Å². The molecule has 0 heterocycles. The maximum absolute atomic E-state index is 9.49. The van der Waals surface area contributed by atoms with Gasteiger partial charge in [-0.05, 0) is 12.8 Å². The molecule has 23 heavy (non-hydrogen) atoms. The molecule has 1 rings (SSSR count). The van der Waals surface area contributed by atoms with Gasteiger partial charge < -0.3 is 31.5 Å². The first-order chi connectivity index (χ1) is 10.5. The van der Waals surface area contributed by atoms with Gasteiger partial charge in [0.25, 0.3) is 17.9 Å². The van der Waals surface area contributed by atoms with Crippen molar-refractivity contribution in [2.24, 2.45) is 5.73 Å². The van der Waals surface area contributed by atoms with Gasteiger partial charge in [0.05, 0.1) is 6.10 Å². The Kier molecular flexibility index (Phi) is 20.9. The average Bonchev–Trinajstić information content (AvgIpc) is 2.36. The average molecular weight is 338 g/mol. The molecule has 0 aliphatic heterocycles. The minimum Gasteiger partial charge on any atom is -0.481 e. The van der Waals surface area contributed by atoms with Gasteiger partial charge in [0.2, 0.25) is 0 Å². The first kappa shape index (κ1) is 26.2. The number of aliphatic carboxylic acids is 3. The molecule has 0 aromatic carbocycles. The Bertz CT molecular complexity index is 284. The van der Waals surface area contributed by atoms with Crippen LogP contribution in [0.2, 0.25) is 0 Å². The maximum atomic E-state index is 9.49. The van der Waals surface area contributed by atoms with Crippen LogP contribution in [0.25, 0.3) is 0 Å². The summed E-state index contributed by atoms with van der Waals surface area (Å²) in [5.74, 6) is -2.50. The number of carbonyl (C=O) groups is 3. The van der Waals surface area contributed by atoms with E-state index in [1.165, 1.54) is 12.8 Å². The first-order valence-electron chi connectivity index (χ1n) is 7.24. The zero-order valence-electron chi connectivity index (χ0n) is 14.0. The highest BCUT2D eigenvalue weighted by Crippen LogP contribution is 2.17. The third-order valence-corrected chi connectivity index (χ3v) is 2.28. The van der Waals surface area contributed by atoms with E-state index in [4.69, 9.17) is 35.4 Å². The second-order valence-electron chi connectivity index (χ2n) is 4.76. The Morgan fingerprint density at radius 2 is 1.30 bits per heavy atom. The van der Waals surface area contributed by atoms with Crippen LogP contribution in [0.1, 0.15) is 46.5 Å². The summed E-state index contributed by atoms with van der Waals surface area (Å²) >= 11 is 0. The zero-order chi connectivity index (χ0) is 18.8. The molecule has 1 fully saturated rings. The van der Waals surface area contributed by atoms with Crippen molar-refractivity contribution in [2.45, 2.75) is 58.6 Å². The van der Waals surface area contributed by atoms with Crippen molar-refractivity contribution in [3.8, 4) is 0 Å². The van der Waals surface area contributed by atoms with Crippen LogP contribution >= 0.6 is 0 Å². The van der Waals surface area contributed by atoms with Crippen LogP contribution in [-0.2, 0) is 14.4 Å². The van der Waals surface area contributed by atoms with Crippen LogP contribution in [0.4, 0.5) is 0 Å². The van der Waals surface area contributed by atoms with Crippen molar-refractivity contribution in [1.82, 2.24) is 5.32 Å². The quantitative estimate of drug-likeness (QED) is 0.418. The summed E-state index contributed by atoms with van der Waals surface area (Å²) in [5.41, 5.74) is 5.35. The smallest absolute Gasteiger partial charge is 0.300 e. The van der Waals surface area contributed by atoms with Crippen LogP contribution < -0.4 is 11.1 Å². The van der Waals surface area contributed by atoms with Crippen molar-refractivity contribution >= 4 is 17.9 Å². The molecule has 0 spiro atoms. The molecule has 0 aromatic rings. The minimum absolute atomic E-state index is 0.143. The molecule has 9 nitrogen and oxygen atoms in total. The van der Waals surface area contributed by atoms with Gasteiger partial charge in [-0.15, -0.1) is 0 Å². The molecule has 0 saturated heterocycles. The number of nitrogens with two attached hydrogens (primary N) is 1. The maximum Gasteiger partial charge on any atom is 0.300 e. The third kappa shape index (κ3) is 38.4. The highest BCUT2D eigenvalue weighted by atomic mass is 16.4. The van der Waals surface area contributed by atoms with E-state index in [0.717, 1.165) is 40.2 Å². The first-order valence-corrected chi connectivity index (χ1v) is 7.24. The number of aliphatic hydroxyl groups excluding tert-OH is 1. The number of carboxylic acids is 3. The molecule has 7 N–H and O–H groups in total. The summed E-state index contributed by atoms with van der Waals surface area (Å²) < 4.78 is 0. The van der Waals surface area contributed by atoms with E-state index in [1.807, 2.05) is 0 Å². The Morgan fingerprint density at radius 1 is 0.957 bits per heavy atom. The minimum atomic E-state index is -0.833. The molecule has 0 bridgehead atoms. The van der Waals surface area contributed by atoms with Crippen molar-refractivity contribution in [2.75, 3.05) is 13.1 Å². The summed E-state index contributed by atoms with van der Waals surface area (Å²) in [7, 11) is 0. The van der Waals surface area contributed by atoms with E-state index in [9.17, 15) is 5.11 Å². The van der Waals surface area contributed by atoms with Gasteiger partial charge in [-0.1, -0.05) is 12.8 Å². The Morgan fingerprint density at radius 3 is 1.61 bits per heavy atom. The van der Waals surface area contributed by atoms with Crippen LogP contribution in [0, 0.1) is 0 Å². The topological polar surface area (TPSA) is 170 Å². The molecule has 2 atom stereocenters. The van der Waals surface area contributed by atoms with Crippen LogP contribution in [0.3, 0.4) is 0 Å². The number of rotatable bonds is 3. The summed E-state index contributed by atoms with van der Waals surface area (Å²) in [6.45, 7) is 4.73. The fourth-order valence-corrected chi connectivity index (χ4v) is 1.62. The highest BCUT2D eigenvalue weighted by molar-refractivity contribution is 5.63.